The van der Waals surface area contributed by atoms with Crippen molar-refractivity contribution in [1.29, 1.82) is 0 Å². The molecule has 41 heavy (non-hydrogen) atoms. The lowest BCUT2D eigenvalue weighted by molar-refractivity contribution is -0.127. The lowest BCUT2D eigenvalue weighted by atomic mass is 10.1. The quantitative estimate of drug-likeness (QED) is 0.193. The van der Waals surface area contributed by atoms with E-state index < -0.39 is 29.4 Å². The Bertz CT molecular complexity index is 1690. The average Bonchev–Trinajstić information content (AvgIpc) is 3.19. The molecule has 1 heterocycles. The molecule has 0 radical (unpaired) electrons. The van der Waals surface area contributed by atoms with Gasteiger partial charge in [-0.25, -0.2) is 4.39 Å². The molecule has 3 amide bonds. The number of hydrogen-bond acceptors (Lipinski definition) is 6. The van der Waals surface area contributed by atoms with Crippen LogP contribution in [0.25, 0.3) is 16.8 Å². The molecule has 0 spiro atoms. The zero-order chi connectivity index (χ0) is 28.9. The second kappa shape index (κ2) is 12.6. The number of nitrogens with one attached hydrogen (secondary N) is 1. The summed E-state index contributed by atoms with van der Waals surface area (Å²) < 4.78 is 26.0. The van der Waals surface area contributed by atoms with Gasteiger partial charge >= 0.3 is 0 Å². The molecule has 0 saturated carbocycles. The number of nitrogens with zero attached hydrogens (tertiary/aromatic N) is 1. The summed E-state index contributed by atoms with van der Waals surface area (Å²) in [4.78, 5) is 39.0. The van der Waals surface area contributed by atoms with Crippen molar-refractivity contribution in [3.05, 3.63) is 105 Å². The molecule has 5 rings (SSSR count). The number of rotatable bonds is 9. The highest BCUT2D eigenvalue weighted by molar-refractivity contribution is 9.10. The molecule has 0 atom stereocenters. The molecule has 1 fully saturated rings. The Labute approximate surface area is 248 Å². The molecule has 0 bridgehead atoms. The van der Waals surface area contributed by atoms with Crippen molar-refractivity contribution >= 4 is 67.3 Å². The number of fused-ring (bicyclic) bond motifs is 1. The Morgan fingerprint density at radius 3 is 2.59 bits per heavy atom. The number of imide groups is 1. The predicted octanol–water partition coefficient (Wildman–Crippen LogP) is 7.39. The first-order chi connectivity index (χ1) is 19.8. The van der Waals surface area contributed by atoms with Gasteiger partial charge < -0.3 is 14.8 Å². The van der Waals surface area contributed by atoms with Crippen molar-refractivity contribution in [1.82, 2.24) is 4.90 Å². The first-order valence-electron chi connectivity index (χ1n) is 12.7. The molecule has 1 saturated heterocycles. The van der Waals surface area contributed by atoms with Crippen LogP contribution in [0.4, 0.5) is 14.9 Å². The van der Waals surface area contributed by atoms with Crippen molar-refractivity contribution in [2.75, 3.05) is 18.5 Å². The Balaban J connectivity index is 1.30. The highest BCUT2D eigenvalue weighted by Gasteiger charge is 2.36. The fourth-order valence-corrected chi connectivity index (χ4v) is 5.67. The summed E-state index contributed by atoms with van der Waals surface area (Å²) in [5.74, 6) is -0.741. The number of carbonyl (C=O) groups is 3. The van der Waals surface area contributed by atoms with Gasteiger partial charge in [0.15, 0.2) is 11.5 Å². The smallest absolute Gasteiger partial charge is 0.294 e. The summed E-state index contributed by atoms with van der Waals surface area (Å²) in [6.07, 6.45) is 1.57. The summed E-state index contributed by atoms with van der Waals surface area (Å²) in [6, 6.07) is 23.1. The lowest BCUT2D eigenvalue weighted by Crippen LogP contribution is -2.36. The topological polar surface area (TPSA) is 84.9 Å². The van der Waals surface area contributed by atoms with Crippen LogP contribution in [0.15, 0.2) is 88.2 Å². The van der Waals surface area contributed by atoms with Gasteiger partial charge in [-0.05, 0) is 99.0 Å². The van der Waals surface area contributed by atoms with Crippen molar-refractivity contribution < 1.29 is 28.2 Å². The molecule has 208 valence electrons. The number of thioether (sulfide) groups is 1. The molecular formula is C31H24BrFN2O5S. The molecule has 0 aromatic heterocycles. The van der Waals surface area contributed by atoms with E-state index in [0.717, 1.165) is 39.1 Å². The van der Waals surface area contributed by atoms with Gasteiger partial charge in [-0.3, -0.25) is 19.3 Å². The van der Waals surface area contributed by atoms with Crippen LogP contribution >= 0.6 is 27.7 Å². The van der Waals surface area contributed by atoms with E-state index in [1.54, 1.807) is 18.2 Å². The molecule has 1 aliphatic rings. The molecule has 10 heteroatoms. The van der Waals surface area contributed by atoms with Gasteiger partial charge in [-0.2, -0.15) is 0 Å². The Morgan fingerprint density at radius 2 is 1.80 bits per heavy atom. The summed E-state index contributed by atoms with van der Waals surface area (Å²) in [5.41, 5.74) is 1.83. The van der Waals surface area contributed by atoms with Crippen LogP contribution in [0.5, 0.6) is 11.5 Å². The lowest BCUT2D eigenvalue weighted by Gasteiger charge is -2.15. The third-order valence-electron chi connectivity index (χ3n) is 6.11. The van der Waals surface area contributed by atoms with Gasteiger partial charge in [0, 0.05) is 5.69 Å². The number of hydrogen-bond donors (Lipinski definition) is 1. The van der Waals surface area contributed by atoms with E-state index in [0.29, 0.717) is 34.7 Å². The first kappa shape index (κ1) is 28.4. The Hall–Kier alpha value is -4.15. The van der Waals surface area contributed by atoms with Crippen molar-refractivity contribution in [3.8, 4) is 11.5 Å². The molecule has 4 aromatic carbocycles. The van der Waals surface area contributed by atoms with Gasteiger partial charge in [0.25, 0.3) is 11.1 Å². The SMILES string of the molecule is CCOc1cc(/C=C2/SC(=O)N(CC(=O)Nc3cccc(F)c3)C2=O)cc(Br)c1OCc1ccc2ccccc2c1. The van der Waals surface area contributed by atoms with Crippen LogP contribution in [-0.4, -0.2) is 35.1 Å². The van der Waals surface area contributed by atoms with Crippen molar-refractivity contribution in [2.24, 2.45) is 0 Å². The Kier molecular flexibility index (Phi) is 8.70. The maximum Gasteiger partial charge on any atom is 0.294 e. The molecule has 1 N–H and O–H groups in total. The fourth-order valence-electron chi connectivity index (χ4n) is 4.26. The maximum atomic E-state index is 13.4. The number of benzene rings is 4. The summed E-state index contributed by atoms with van der Waals surface area (Å²) >= 11 is 4.29. The summed E-state index contributed by atoms with van der Waals surface area (Å²) in [7, 11) is 0. The minimum absolute atomic E-state index is 0.160. The number of ether oxygens (including phenoxy) is 2. The average molecular weight is 636 g/mol. The zero-order valence-electron chi connectivity index (χ0n) is 21.9. The third-order valence-corrected chi connectivity index (χ3v) is 7.61. The van der Waals surface area contributed by atoms with Crippen LogP contribution in [-0.2, 0) is 16.2 Å². The number of carbonyl (C=O) groups excluding carboxylic acids is 3. The normalized spacial score (nSPS) is 14.1. The van der Waals surface area contributed by atoms with E-state index in [4.69, 9.17) is 9.47 Å². The van der Waals surface area contributed by atoms with Crippen molar-refractivity contribution in [3.63, 3.8) is 0 Å². The van der Waals surface area contributed by atoms with E-state index in [-0.39, 0.29) is 10.6 Å². The number of anilines is 1. The van der Waals surface area contributed by atoms with E-state index >= 15 is 0 Å². The van der Waals surface area contributed by atoms with Crippen LogP contribution < -0.4 is 14.8 Å². The fraction of sp³-hybridized carbons (Fsp3) is 0.129. The van der Waals surface area contributed by atoms with E-state index in [9.17, 15) is 18.8 Å². The van der Waals surface area contributed by atoms with Gasteiger partial charge in [-0.15, -0.1) is 0 Å². The van der Waals surface area contributed by atoms with Gasteiger partial charge in [-0.1, -0.05) is 42.5 Å². The maximum absolute atomic E-state index is 13.4. The van der Waals surface area contributed by atoms with Crippen LogP contribution in [0.3, 0.4) is 0 Å². The van der Waals surface area contributed by atoms with Crippen LogP contribution in [0.1, 0.15) is 18.1 Å². The first-order valence-corrected chi connectivity index (χ1v) is 14.3. The van der Waals surface area contributed by atoms with Crippen LogP contribution in [0, 0.1) is 5.82 Å². The van der Waals surface area contributed by atoms with Crippen LogP contribution in [0.2, 0.25) is 0 Å². The van der Waals surface area contributed by atoms with E-state index in [1.165, 1.54) is 18.2 Å². The van der Waals surface area contributed by atoms with Gasteiger partial charge in [0.05, 0.1) is 16.0 Å². The standard InChI is InChI=1S/C31H24BrFN2O5S/c1-2-39-26-14-20(13-25(32)29(26)40-18-19-10-11-21-6-3-4-7-22(21)12-19)15-27-30(37)35(31(38)41-27)17-28(36)34-24-9-5-8-23(33)16-24/h3-16H,2,17-18H2,1H3,(H,34,36)/b27-15+. The van der Waals surface area contributed by atoms with Crippen molar-refractivity contribution in [2.45, 2.75) is 13.5 Å². The molecule has 4 aromatic rings. The number of halogens is 2. The molecule has 7 nitrogen and oxygen atoms in total. The van der Waals surface area contributed by atoms with E-state index in [1.807, 2.05) is 37.3 Å². The number of amides is 3. The zero-order valence-corrected chi connectivity index (χ0v) is 24.3. The summed E-state index contributed by atoms with van der Waals surface area (Å²) in [6.45, 7) is 2.07. The monoisotopic (exact) mass is 634 g/mol. The molecular weight excluding hydrogens is 611 g/mol. The summed E-state index contributed by atoms with van der Waals surface area (Å²) in [5, 5.41) is 4.18. The molecule has 1 aliphatic heterocycles. The third kappa shape index (κ3) is 6.78. The minimum Gasteiger partial charge on any atom is -0.490 e. The highest BCUT2D eigenvalue weighted by Crippen LogP contribution is 2.40. The van der Waals surface area contributed by atoms with E-state index in [2.05, 4.69) is 33.4 Å². The predicted molar refractivity (Wildman–Crippen MR) is 161 cm³/mol. The van der Waals surface area contributed by atoms with Gasteiger partial charge in [0.1, 0.15) is 19.0 Å². The second-order valence-corrected chi connectivity index (χ2v) is 10.9. The molecule has 0 aliphatic carbocycles. The molecule has 0 unspecified atom stereocenters. The second-order valence-electron chi connectivity index (χ2n) is 9.06. The van der Waals surface area contributed by atoms with Gasteiger partial charge in [0.2, 0.25) is 5.91 Å². The minimum atomic E-state index is -0.617. The Morgan fingerprint density at radius 1 is 1.00 bits per heavy atom. The largest absolute Gasteiger partial charge is 0.490 e. The highest BCUT2D eigenvalue weighted by atomic mass is 79.9.